The van der Waals surface area contributed by atoms with E-state index in [9.17, 15) is 4.79 Å². The summed E-state index contributed by atoms with van der Waals surface area (Å²) in [5.74, 6) is 1.46. The molecule has 3 aromatic rings. The molecule has 0 unspecified atom stereocenters. The van der Waals surface area contributed by atoms with Gasteiger partial charge in [0.1, 0.15) is 12.4 Å². The predicted molar refractivity (Wildman–Crippen MR) is 124 cm³/mol. The van der Waals surface area contributed by atoms with E-state index >= 15 is 0 Å². The Kier molecular flexibility index (Phi) is 6.01. The maximum Gasteiger partial charge on any atom is 0.317 e. The number of piperazine rings is 1. The average molecular weight is 438 g/mol. The summed E-state index contributed by atoms with van der Waals surface area (Å²) in [6.07, 6.45) is 0. The molecule has 0 radical (unpaired) electrons. The number of benzene rings is 1. The van der Waals surface area contributed by atoms with E-state index in [2.05, 4.69) is 10.2 Å². The van der Waals surface area contributed by atoms with Crippen LogP contribution in [0.4, 0.5) is 10.6 Å². The van der Waals surface area contributed by atoms with Crippen molar-refractivity contribution in [2.24, 2.45) is 0 Å². The van der Waals surface area contributed by atoms with Crippen LogP contribution in [0.25, 0.3) is 16.7 Å². The molecule has 1 N–H and O–H groups in total. The number of nitrogens with one attached hydrogen (secondary N) is 1. The van der Waals surface area contributed by atoms with E-state index in [1.54, 1.807) is 7.11 Å². The first-order valence-electron chi connectivity index (χ1n) is 10.9. The normalized spacial score (nSPS) is 14.8. The Morgan fingerprint density at radius 3 is 2.41 bits per heavy atom. The molecule has 1 aliphatic rings. The molecule has 9 heteroatoms. The fourth-order valence-electron chi connectivity index (χ4n) is 3.90. The first-order valence-corrected chi connectivity index (χ1v) is 10.9. The molecule has 0 spiro atoms. The van der Waals surface area contributed by atoms with Gasteiger partial charge in [0.15, 0.2) is 11.5 Å². The lowest BCUT2D eigenvalue weighted by Crippen LogP contribution is -2.55. The van der Waals surface area contributed by atoms with E-state index in [4.69, 9.17) is 19.8 Å². The zero-order valence-electron chi connectivity index (χ0n) is 19.4. The zero-order chi connectivity index (χ0) is 22.9. The van der Waals surface area contributed by atoms with Crippen molar-refractivity contribution in [2.45, 2.75) is 39.8 Å². The Balaban J connectivity index is 1.67. The topological polar surface area (TPSA) is 88.4 Å². The number of fused-ring (bicyclic) bond motifs is 1. The van der Waals surface area contributed by atoms with E-state index in [1.165, 1.54) is 0 Å². The number of para-hydroxylation sites is 1. The summed E-state index contributed by atoms with van der Waals surface area (Å²) in [7, 11) is 1.64. The Bertz CT molecular complexity index is 1100. The standard InChI is InChI=1S/C23H31N7O2/c1-16-19-20(28-11-13-29(14-12-28)22(31)26-23(2,3)4)24-18(15-32-5)25-21(19)30(27-16)17-9-7-6-8-10-17/h6-10H,11-15H2,1-5H3,(H,26,31). The number of nitrogens with zero attached hydrogens (tertiary/aromatic N) is 6. The fraction of sp³-hybridized carbons (Fsp3) is 0.478. The maximum absolute atomic E-state index is 12.6. The van der Waals surface area contributed by atoms with Crippen molar-refractivity contribution < 1.29 is 9.53 Å². The number of carbonyl (C=O) groups excluding carboxylic acids is 1. The highest BCUT2D eigenvalue weighted by molar-refractivity contribution is 5.91. The van der Waals surface area contributed by atoms with Crippen LogP contribution >= 0.6 is 0 Å². The molecule has 1 fully saturated rings. The summed E-state index contributed by atoms with van der Waals surface area (Å²) in [6.45, 7) is 10.9. The van der Waals surface area contributed by atoms with Crippen molar-refractivity contribution in [2.75, 3.05) is 38.2 Å². The first-order chi connectivity index (χ1) is 15.3. The third-order valence-corrected chi connectivity index (χ3v) is 5.35. The van der Waals surface area contributed by atoms with Crippen LogP contribution in [0.15, 0.2) is 30.3 Å². The van der Waals surface area contributed by atoms with Crippen LogP contribution in [-0.2, 0) is 11.3 Å². The van der Waals surface area contributed by atoms with Crippen molar-refractivity contribution in [3.05, 3.63) is 41.9 Å². The third kappa shape index (κ3) is 4.52. The fourth-order valence-corrected chi connectivity index (χ4v) is 3.90. The highest BCUT2D eigenvalue weighted by Gasteiger charge is 2.27. The molecule has 1 aliphatic heterocycles. The molecule has 4 rings (SSSR count). The lowest BCUT2D eigenvalue weighted by molar-refractivity contribution is 0.178. The number of hydrogen-bond acceptors (Lipinski definition) is 6. The smallest absolute Gasteiger partial charge is 0.317 e. The van der Waals surface area contributed by atoms with Crippen LogP contribution in [0, 0.1) is 6.92 Å². The molecule has 2 amide bonds. The van der Waals surface area contributed by atoms with E-state index in [0.29, 0.717) is 38.6 Å². The molecular formula is C23H31N7O2. The summed E-state index contributed by atoms with van der Waals surface area (Å²) in [5.41, 5.74) is 2.32. The van der Waals surface area contributed by atoms with Crippen molar-refractivity contribution >= 4 is 22.9 Å². The lowest BCUT2D eigenvalue weighted by Gasteiger charge is -2.37. The summed E-state index contributed by atoms with van der Waals surface area (Å²) in [5, 5.41) is 8.75. The summed E-state index contributed by atoms with van der Waals surface area (Å²) < 4.78 is 7.20. The quantitative estimate of drug-likeness (QED) is 0.675. The van der Waals surface area contributed by atoms with Gasteiger partial charge in [-0.3, -0.25) is 0 Å². The van der Waals surface area contributed by atoms with Crippen LogP contribution in [-0.4, -0.2) is 69.5 Å². The number of rotatable bonds is 4. The van der Waals surface area contributed by atoms with Gasteiger partial charge < -0.3 is 19.9 Å². The Hall–Kier alpha value is -3.20. The molecule has 3 heterocycles. The maximum atomic E-state index is 12.6. The molecule has 1 aromatic carbocycles. The number of aromatic nitrogens is 4. The first kappa shape index (κ1) is 22.0. The van der Waals surface area contributed by atoms with Crippen LogP contribution in [0.3, 0.4) is 0 Å². The second-order valence-corrected chi connectivity index (χ2v) is 9.08. The molecule has 9 nitrogen and oxygen atoms in total. The largest absolute Gasteiger partial charge is 0.377 e. The van der Waals surface area contributed by atoms with Crippen molar-refractivity contribution in [3.8, 4) is 5.69 Å². The molecule has 2 aromatic heterocycles. The SMILES string of the molecule is COCc1nc(N2CCN(C(=O)NC(C)(C)C)CC2)c2c(C)nn(-c3ccccc3)c2n1. The van der Waals surface area contributed by atoms with Gasteiger partial charge in [0.05, 0.1) is 16.8 Å². The van der Waals surface area contributed by atoms with Gasteiger partial charge in [-0.1, -0.05) is 18.2 Å². The third-order valence-electron chi connectivity index (χ3n) is 5.35. The number of carbonyl (C=O) groups is 1. The lowest BCUT2D eigenvalue weighted by atomic mass is 10.1. The zero-order valence-corrected chi connectivity index (χ0v) is 19.4. The Morgan fingerprint density at radius 1 is 1.09 bits per heavy atom. The number of hydrogen-bond donors (Lipinski definition) is 1. The van der Waals surface area contributed by atoms with Crippen LogP contribution in [0.2, 0.25) is 0 Å². The van der Waals surface area contributed by atoms with Crippen molar-refractivity contribution in [1.82, 2.24) is 30.0 Å². The number of methoxy groups -OCH3 is 1. The number of amides is 2. The monoisotopic (exact) mass is 437 g/mol. The van der Waals surface area contributed by atoms with Gasteiger partial charge in [-0.2, -0.15) is 5.10 Å². The minimum absolute atomic E-state index is 0.0295. The molecule has 32 heavy (non-hydrogen) atoms. The molecule has 0 atom stereocenters. The number of aryl methyl sites for hydroxylation is 1. The molecule has 0 bridgehead atoms. The second-order valence-electron chi connectivity index (χ2n) is 9.08. The van der Waals surface area contributed by atoms with Gasteiger partial charge in [-0.25, -0.2) is 19.4 Å². The molecule has 170 valence electrons. The Labute approximate surface area is 188 Å². The van der Waals surface area contributed by atoms with Gasteiger partial charge >= 0.3 is 6.03 Å². The van der Waals surface area contributed by atoms with Crippen molar-refractivity contribution in [1.29, 1.82) is 0 Å². The summed E-state index contributed by atoms with van der Waals surface area (Å²) >= 11 is 0. The van der Waals surface area contributed by atoms with Crippen LogP contribution in [0.5, 0.6) is 0 Å². The average Bonchev–Trinajstić information content (AvgIpc) is 3.09. The number of anilines is 1. The highest BCUT2D eigenvalue weighted by atomic mass is 16.5. The molecule has 0 saturated carbocycles. The predicted octanol–water partition coefficient (Wildman–Crippen LogP) is 2.90. The Morgan fingerprint density at radius 2 is 1.78 bits per heavy atom. The molecular weight excluding hydrogens is 406 g/mol. The van der Waals surface area contributed by atoms with Gasteiger partial charge in [-0.15, -0.1) is 0 Å². The summed E-state index contributed by atoms with van der Waals surface area (Å²) in [4.78, 5) is 26.2. The number of urea groups is 1. The minimum Gasteiger partial charge on any atom is -0.377 e. The van der Waals surface area contributed by atoms with Crippen LogP contribution < -0.4 is 10.2 Å². The van der Waals surface area contributed by atoms with Gasteiger partial charge in [0.2, 0.25) is 0 Å². The molecule has 1 saturated heterocycles. The van der Waals surface area contributed by atoms with Gasteiger partial charge in [0.25, 0.3) is 0 Å². The number of ether oxygens (including phenoxy) is 1. The van der Waals surface area contributed by atoms with E-state index in [1.807, 2.05) is 67.6 Å². The highest BCUT2D eigenvalue weighted by Crippen LogP contribution is 2.29. The van der Waals surface area contributed by atoms with Crippen LogP contribution in [0.1, 0.15) is 32.3 Å². The summed E-state index contributed by atoms with van der Waals surface area (Å²) in [6, 6.07) is 9.94. The van der Waals surface area contributed by atoms with E-state index in [-0.39, 0.29) is 11.6 Å². The van der Waals surface area contributed by atoms with Gasteiger partial charge in [-0.05, 0) is 39.8 Å². The molecule has 0 aliphatic carbocycles. The minimum atomic E-state index is -0.259. The van der Waals surface area contributed by atoms with E-state index in [0.717, 1.165) is 28.2 Å². The second kappa shape index (κ2) is 8.74. The van der Waals surface area contributed by atoms with E-state index < -0.39 is 0 Å². The van der Waals surface area contributed by atoms with Crippen molar-refractivity contribution in [3.63, 3.8) is 0 Å². The van der Waals surface area contributed by atoms with Gasteiger partial charge in [0, 0.05) is 38.8 Å².